The van der Waals surface area contributed by atoms with Gasteiger partial charge in [-0.15, -0.1) is 0 Å². The highest BCUT2D eigenvalue weighted by Gasteiger charge is 2.36. The van der Waals surface area contributed by atoms with Crippen LogP contribution in [0.5, 0.6) is 0 Å². The Morgan fingerprint density at radius 2 is 1.82 bits per heavy atom. The molecular weight excluding hydrogens is 358 g/mol. The van der Waals surface area contributed by atoms with E-state index >= 15 is 0 Å². The second-order valence-electron chi connectivity index (χ2n) is 8.63. The Balaban J connectivity index is 1.61. The van der Waals surface area contributed by atoms with Gasteiger partial charge in [-0.25, -0.2) is 13.6 Å². The SMILES string of the molecule is CCC1CC[C@@H]2CC(c3cc4ccc(C(=O)OC)c(F)c4cc3F)CC[C@H]2C1. The minimum Gasteiger partial charge on any atom is -0.465 e. The maximum absolute atomic E-state index is 15.0. The summed E-state index contributed by atoms with van der Waals surface area (Å²) < 4.78 is 34.2. The number of fused-ring (bicyclic) bond motifs is 2. The van der Waals surface area contributed by atoms with Gasteiger partial charge in [0.2, 0.25) is 0 Å². The molecule has 0 spiro atoms. The van der Waals surface area contributed by atoms with Gasteiger partial charge < -0.3 is 4.74 Å². The molecule has 0 aliphatic heterocycles. The molecule has 2 aromatic rings. The summed E-state index contributed by atoms with van der Waals surface area (Å²) in [6.45, 7) is 2.28. The standard InChI is InChI=1S/C24H28F2O2/c1-3-14-4-5-16-11-17(7-6-15(16)10-14)20-12-18-8-9-19(24(27)28-2)23(26)21(18)13-22(20)25/h8-9,12-17H,3-7,10-11H2,1-2H3/t14?,15-,16+,17?/m0/s1. The van der Waals surface area contributed by atoms with Gasteiger partial charge in [-0.3, -0.25) is 0 Å². The number of hydrogen-bond donors (Lipinski definition) is 0. The van der Waals surface area contributed by atoms with Gasteiger partial charge in [-0.2, -0.15) is 0 Å². The molecule has 0 bridgehead atoms. The van der Waals surface area contributed by atoms with Crippen molar-refractivity contribution < 1.29 is 18.3 Å². The number of esters is 1. The first-order valence-corrected chi connectivity index (χ1v) is 10.5. The number of carbonyl (C=O) groups excluding carboxylic acids is 1. The monoisotopic (exact) mass is 386 g/mol. The number of ether oxygens (including phenoxy) is 1. The lowest BCUT2D eigenvalue weighted by Crippen LogP contribution is -2.30. The summed E-state index contributed by atoms with van der Waals surface area (Å²) in [5.74, 6) is 0.725. The van der Waals surface area contributed by atoms with E-state index < -0.39 is 11.8 Å². The molecule has 0 aromatic heterocycles. The normalized spacial score (nSPS) is 27.4. The minimum absolute atomic E-state index is 0.140. The van der Waals surface area contributed by atoms with Crippen LogP contribution in [-0.2, 0) is 4.74 Å². The summed E-state index contributed by atoms with van der Waals surface area (Å²) in [5, 5.41) is 0.777. The van der Waals surface area contributed by atoms with E-state index in [0.29, 0.717) is 16.9 Å². The number of hydrogen-bond acceptors (Lipinski definition) is 2. The summed E-state index contributed by atoms with van der Waals surface area (Å²) in [6, 6.07) is 6.16. The van der Waals surface area contributed by atoms with E-state index in [2.05, 4.69) is 11.7 Å². The number of methoxy groups -OCH3 is 1. The van der Waals surface area contributed by atoms with Crippen molar-refractivity contribution in [1.29, 1.82) is 0 Å². The average molecular weight is 386 g/mol. The molecule has 0 amide bonds. The highest BCUT2D eigenvalue weighted by molar-refractivity contribution is 5.96. The van der Waals surface area contributed by atoms with E-state index in [1.165, 1.54) is 51.3 Å². The molecule has 2 aromatic carbocycles. The van der Waals surface area contributed by atoms with E-state index in [9.17, 15) is 13.6 Å². The van der Waals surface area contributed by atoms with Crippen LogP contribution in [0.4, 0.5) is 8.78 Å². The molecule has 2 nitrogen and oxygen atoms in total. The number of benzene rings is 2. The largest absolute Gasteiger partial charge is 0.465 e. The van der Waals surface area contributed by atoms with E-state index in [4.69, 9.17) is 0 Å². The molecule has 2 unspecified atom stereocenters. The zero-order chi connectivity index (χ0) is 19.8. The first-order chi connectivity index (χ1) is 13.5. The lowest BCUT2D eigenvalue weighted by Gasteiger charge is -2.42. The van der Waals surface area contributed by atoms with Crippen molar-refractivity contribution in [1.82, 2.24) is 0 Å². The fourth-order valence-corrected chi connectivity index (χ4v) is 5.55. The van der Waals surface area contributed by atoms with Crippen molar-refractivity contribution in [3.05, 3.63) is 47.0 Å². The molecule has 4 heteroatoms. The summed E-state index contributed by atoms with van der Waals surface area (Å²) in [5.41, 5.74) is 0.545. The third kappa shape index (κ3) is 3.42. The molecule has 2 saturated carbocycles. The molecule has 0 N–H and O–H groups in total. The summed E-state index contributed by atoms with van der Waals surface area (Å²) >= 11 is 0. The number of rotatable bonds is 3. The Kier molecular flexibility index (Phi) is 5.39. The Morgan fingerprint density at radius 3 is 2.57 bits per heavy atom. The third-order valence-electron chi connectivity index (χ3n) is 7.22. The third-order valence-corrected chi connectivity index (χ3v) is 7.22. The highest BCUT2D eigenvalue weighted by Crippen LogP contribution is 2.48. The molecule has 4 rings (SSSR count). The number of halogens is 2. The van der Waals surface area contributed by atoms with Crippen LogP contribution in [0.25, 0.3) is 10.8 Å². The molecule has 2 aliphatic rings. The zero-order valence-corrected chi connectivity index (χ0v) is 16.6. The minimum atomic E-state index is -0.745. The fourth-order valence-electron chi connectivity index (χ4n) is 5.55. The van der Waals surface area contributed by atoms with Gasteiger partial charge in [0, 0.05) is 5.39 Å². The second kappa shape index (κ2) is 7.81. The highest BCUT2D eigenvalue weighted by atomic mass is 19.1. The van der Waals surface area contributed by atoms with Gasteiger partial charge in [0.05, 0.1) is 12.7 Å². The van der Waals surface area contributed by atoms with Crippen LogP contribution < -0.4 is 0 Å². The average Bonchev–Trinajstić information content (AvgIpc) is 2.72. The fraction of sp³-hybridized carbons (Fsp3) is 0.542. The molecule has 2 aliphatic carbocycles. The number of carbonyl (C=O) groups is 1. The van der Waals surface area contributed by atoms with E-state index in [0.717, 1.165) is 24.7 Å². The van der Waals surface area contributed by atoms with Gasteiger partial charge in [0.1, 0.15) is 11.6 Å². The first-order valence-electron chi connectivity index (χ1n) is 10.5. The van der Waals surface area contributed by atoms with Crippen molar-refractivity contribution in [2.75, 3.05) is 7.11 Å². The van der Waals surface area contributed by atoms with Crippen LogP contribution in [0.15, 0.2) is 24.3 Å². The molecule has 150 valence electrons. The van der Waals surface area contributed by atoms with Crippen molar-refractivity contribution in [2.24, 2.45) is 17.8 Å². The van der Waals surface area contributed by atoms with Crippen LogP contribution in [0, 0.1) is 29.4 Å². The van der Waals surface area contributed by atoms with Crippen molar-refractivity contribution in [3.8, 4) is 0 Å². The van der Waals surface area contributed by atoms with Gasteiger partial charge in [0.25, 0.3) is 0 Å². The molecule has 2 fully saturated rings. The Morgan fingerprint density at radius 1 is 1.07 bits per heavy atom. The Bertz CT molecular complexity index is 892. The molecule has 4 atom stereocenters. The van der Waals surface area contributed by atoms with Crippen LogP contribution in [0.2, 0.25) is 0 Å². The Hall–Kier alpha value is -1.97. The van der Waals surface area contributed by atoms with Crippen LogP contribution >= 0.6 is 0 Å². The van der Waals surface area contributed by atoms with Gasteiger partial charge in [0.15, 0.2) is 0 Å². The second-order valence-corrected chi connectivity index (χ2v) is 8.63. The molecule has 0 radical (unpaired) electrons. The maximum Gasteiger partial charge on any atom is 0.340 e. The van der Waals surface area contributed by atoms with E-state index in [-0.39, 0.29) is 22.7 Å². The first kappa shape index (κ1) is 19.4. The summed E-state index contributed by atoms with van der Waals surface area (Å²) in [7, 11) is 1.21. The predicted octanol–water partition coefficient (Wildman–Crippen LogP) is 6.61. The van der Waals surface area contributed by atoms with Gasteiger partial charge in [-0.1, -0.05) is 25.8 Å². The quantitative estimate of drug-likeness (QED) is 0.555. The molecule has 0 saturated heterocycles. The van der Waals surface area contributed by atoms with Crippen molar-refractivity contribution in [3.63, 3.8) is 0 Å². The molecule has 28 heavy (non-hydrogen) atoms. The lowest BCUT2D eigenvalue weighted by atomic mass is 9.63. The predicted molar refractivity (Wildman–Crippen MR) is 106 cm³/mol. The smallest absolute Gasteiger partial charge is 0.340 e. The summed E-state index contributed by atoms with van der Waals surface area (Å²) in [4.78, 5) is 11.7. The molecule has 0 heterocycles. The summed E-state index contributed by atoms with van der Waals surface area (Å²) in [6.07, 6.45) is 8.35. The Labute approximate surface area is 165 Å². The van der Waals surface area contributed by atoms with Crippen molar-refractivity contribution in [2.45, 2.75) is 57.8 Å². The van der Waals surface area contributed by atoms with Crippen LogP contribution in [-0.4, -0.2) is 13.1 Å². The van der Waals surface area contributed by atoms with E-state index in [1.54, 1.807) is 12.1 Å². The topological polar surface area (TPSA) is 26.3 Å². The van der Waals surface area contributed by atoms with Crippen molar-refractivity contribution >= 4 is 16.7 Å². The van der Waals surface area contributed by atoms with Gasteiger partial charge in [-0.05, 0) is 84.9 Å². The van der Waals surface area contributed by atoms with Crippen LogP contribution in [0.1, 0.15) is 73.7 Å². The van der Waals surface area contributed by atoms with Gasteiger partial charge >= 0.3 is 5.97 Å². The van der Waals surface area contributed by atoms with E-state index in [1.807, 2.05) is 0 Å². The molecular formula is C24H28F2O2. The zero-order valence-electron chi connectivity index (χ0n) is 16.6. The van der Waals surface area contributed by atoms with Crippen LogP contribution in [0.3, 0.4) is 0 Å². The lowest BCUT2D eigenvalue weighted by molar-refractivity contribution is 0.0596. The maximum atomic E-state index is 15.0.